The molecule has 0 aromatic heterocycles. The second-order valence-electron chi connectivity index (χ2n) is 5.83. The van der Waals surface area contributed by atoms with Gasteiger partial charge in [-0.2, -0.15) is 0 Å². The van der Waals surface area contributed by atoms with E-state index in [2.05, 4.69) is 32.0 Å². The molecule has 1 aromatic carbocycles. The largest absolute Gasteiger partial charge is 0.490 e. The maximum absolute atomic E-state index is 6.20. The summed E-state index contributed by atoms with van der Waals surface area (Å²) in [6.45, 7) is 6.44. The van der Waals surface area contributed by atoms with Crippen molar-refractivity contribution in [3.8, 4) is 5.75 Å². The first-order chi connectivity index (χ1) is 8.56. The quantitative estimate of drug-likeness (QED) is 0.877. The summed E-state index contributed by atoms with van der Waals surface area (Å²) in [5, 5.41) is 0. The van der Waals surface area contributed by atoms with E-state index < -0.39 is 0 Å². The third-order valence-electron chi connectivity index (χ3n) is 3.92. The van der Waals surface area contributed by atoms with Crippen LogP contribution in [0.15, 0.2) is 18.2 Å². The first kappa shape index (κ1) is 13.4. The molecule has 1 aliphatic carbocycles. The minimum absolute atomic E-state index is 0.0307. The SMILES string of the molecule is Cc1ccc([C@H](C)N)c(OC2CCC(C)CC2)c1. The van der Waals surface area contributed by atoms with Crippen LogP contribution in [0, 0.1) is 12.8 Å². The Morgan fingerprint density at radius 2 is 1.89 bits per heavy atom. The average molecular weight is 247 g/mol. The molecule has 0 heterocycles. The predicted octanol–water partition coefficient (Wildman–Crippen LogP) is 3.97. The van der Waals surface area contributed by atoms with Crippen molar-refractivity contribution in [3.63, 3.8) is 0 Å². The van der Waals surface area contributed by atoms with Crippen molar-refractivity contribution in [2.24, 2.45) is 11.7 Å². The standard InChI is InChI=1S/C16H25NO/c1-11-4-7-14(8-5-11)18-16-10-12(2)6-9-15(16)13(3)17/h6,9-11,13-14H,4-5,7-8,17H2,1-3H3/t11?,13-,14?/m0/s1. The molecule has 1 aromatic rings. The second kappa shape index (κ2) is 5.75. The highest BCUT2D eigenvalue weighted by Crippen LogP contribution is 2.31. The maximum atomic E-state index is 6.20. The van der Waals surface area contributed by atoms with Gasteiger partial charge in [-0.3, -0.25) is 0 Å². The molecule has 2 rings (SSSR count). The van der Waals surface area contributed by atoms with Crippen LogP contribution >= 0.6 is 0 Å². The zero-order chi connectivity index (χ0) is 13.1. The lowest BCUT2D eigenvalue weighted by Gasteiger charge is -2.28. The van der Waals surface area contributed by atoms with Gasteiger partial charge in [0.25, 0.3) is 0 Å². The fraction of sp³-hybridized carbons (Fsp3) is 0.625. The summed E-state index contributed by atoms with van der Waals surface area (Å²) in [5.41, 5.74) is 8.37. The first-order valence-corrected chi connectivity index (χ1v) is 7.09. The second-order valence-corrected chi connectivity index (χ2v) is 5.83. The Balaban J connectivity index is 2.10. The average Bonchev–Trinajstić information content (AvgIpc) is 2.32. The van der Waals surface area contributed by atoms with Crippen molar-refractivity contribution in [2.75, 3.05) is 0 Å². The van der Waals surface area contributed by atoms with Gasteiger partial charge in [0.15, 0.2) is 0 Å². The van der Waals surface area contributed by atoms with Gasteiger partial charge in [0.1, 0.15) is 5.75 Å². The number of benzene rings is 1. The molecule has 1 aliphatic rings. The Morgan fingerprint density at radius 1 is 1.22 bits per heavy atom. The predicted molar refractivity (Wildman–Crippen MR) is 75.8 cm³/mol. The summed E-state index contributed by atoms with van der Waals surface area (Å²) in [4.78, 5) is 0. The lowest BCUT2D eigenvalue weighted by Crippen LogP contribution is -2.24. The van der Waals surface area contributed by atoms with Gasteiger partial charge in [-0.1, -0.05) is 19.1 Å². The molecule has 100 valence electrons. The molecule has 18 heavy (non-hydrogen) atoms. The Labute approximate surface area is 111 Å². The van der Waals surface area contributed by atoms with Crippen molar-refractivity contribution < 1.29 is 4.74 Å². The van der Waals surface area contributed by atoms with Crippen LogP contribution in [0.3, 0.4) is 0 Å². The van der Waals surface area contributed by atoms with E-state index in [0.717, 1.165) is 17.2 Å². The van der Waals surface area contributed by atoms with Crippen LogP contribution in [-0.4, -0.2) is 6.10 Å². The van der Waals surface area contributed by atoms with Crippen molar-refractivity contribution in [1.82, 2.24) is 0 Å². The molecule has 0 bridgehead atoms. The van der Waals surface area contributed by atoms with Gasteiger partial charge in [0, 0.05) is 11.6 Å². The third-order valence-corrected chi connectivity index (χ3v) is 3.92. The highest BCUT2D eigenvalue weighted by atomic mass is 16.5. The summed E-state index contributed by atoms with van der Waals surface area (Å²) < 4.78 is 6.20. The molecule has 1 saturated carbocycles. The van der Waals surface area contributed by atoms with E-state index in [4.69, 9.17) is 10.5 Å². The Bertz CT molecular complexity index is 392. The lowest BCUT2D eigenvalue weighted by atomic mass is 9.89. The normalized spacial score (nSPS) is 25.8. The number of hydrogen-bond donors (Lipinski definition) is 1. The van der Waals surface area contributed by atoms with Crippen LogP contribution in [0.1, 0.15) is 56.7 Å². The van der Waals surface area contributed by atoms with Gasteiger partial charge >= 0.3 is 0 Å². The van der Waals surface area contributed by atoms with E-state index in [1.165, 1.54) is 31.2 Å². The van der Waals surface area contributed by atoms with Gasteiger partial charge < -0.3 is 10.5 Å². The lowest BCUT2D eigenvalue weighted by molar-refractivity contribution is 0.134. The molecule has 2 N–H and O–H groups in total. The number of nitrogens with two attached hydrogens (primary N) is 1. The molecular formula is C16H25NO. The molecule has 0 unspecified atom stereocenters. The van der Waals surface area contributed by atoms with Crippen LogP contribution in [0.25, 0.3) is 0 Å². The molecule has 0 saturated heterocycles. The van der Waals surface area contributed by atoms with E-state index >= 15 is 0 Å². The molecule has 2 nitrogen and oxygen atoms in total. The zero-order valence-corrected chi connectivity index (χ0v) is 11.8. The molecular weight excluding hydrogens is 222 g/mol. The molecule has 1 atom stereocenters. The highest BCUT2D eigenvalue weighted by Gasteiger charge is 2.21. The summed E-state index contributed by atoms with van der Waals surface area (Å²) in [5.74, 6) is 1.85. The van der Waals surface area contributed by atoms with E-state index in [1.54, 1.807) is 0 Å². The van der Waals surface area contributed by atoms with Crippen LogP contribution < -0.4 is 10.5 Å². The Kier molecular flexibility index (Phi) is 4.28. The number of aryl methyl sites for hydroxylation is 1. The Hall–Kier alpha value is -1.02. The van der Waals surface area contributed by atoms with Crippen LogP contribution in [0.5, 0.6) is 5.75 Å². The molecule has 0 spiro atoms. The zero-order valence-electron chi connectivity index (χ0n) is 11.8. The molecule has 0 amide bonds. The van der Waals surface area contributed by atoms with E-state index in [-0.39, 0.29) is 6.04 Å². The van der Waals surface area contributed by atoms with E-state index in [1.807, 2.05) is 6.92 Å². The molecule has 0 radical (unpaired) electrons. The minimum atomic E-state index is 0.0307. The summed E-state index contributed by atoms with van der Waals surface area (Å²) >= 11 is 0. The summed E-state index contributed by atoms with van der Waals surface area (Å²) in [7, 11) is 0. The highest BCUT2D eigenvalue weighted by molar-refractivity contribution is 5.39. The molecule has 0 aliphatic heterocycles. The first-order valence-electron chi connectivity index (χ1n) is 7.09. The van der Waals surface area contributed by atoms with Crippen molar-refractivity contribution in [1.29, 1.82) is 0 Å². The monoisotopic (exact) mass is 247 g/mol. The van der Waals surface area contributed by atoms with E-state index in [9.17, 15) is 0 Å². The smallest absolute Gasteiger partial charge is 0.124 e. The maximum Gasteiger partial charge on any atom is 0.124 e. The summed E-state index contributed by atoms with van der Waals surface area (Å²) in [6, 6.07) is 6.36. The van der Waals surface area contributed by atoms with Crippen LogP contribution in [-0.2, 0) is 0 Å². The van der Waals surface area contributed by atoms with Gasteiger partial charge in [-0.05, 0) is 57.1 Å². The van der Waals surface area contributed by atoms with Crippen molar-refractivity contribution in [2.45, 2.75) is 58.6 Å². The van der Waals surface area contributed by atoms with Gasteiger partial charge in [0.05, 0.1) is 6.10 Å². The van der Waals surface area contributed by atoms with Crippen molar-refractivity contribution >= 4 is 0 Å². The van der Waals surface area contributed by atoms with Gasteiger partial charge in [-0.25, -0.2) is 0 Å². The number of hydrogen-bond acceptors (Lipinski definition) is 2. The van der Waals surface area contributed by atoms with E-state index in [0.29, 0.717) is 6.10 Å². The topological polar surface area (TPSA) is 35.2 Å². The third kappa shape index (κ3) is 3.26. The van der Waals surface area contributed by atoms with Gasteiger partial charge in [-0.15, -0.1) is 0 Å². The fourth-order valence-corrected chi connectivity index (χ4v) is 2.65. The molecule has 1 fully saturated rings. The number of rotatable bonds is 3. The summed E-state index contributed by atoms with van der Waals surface area (Å²) in [6.07, 6.45) is 5.29. The van der Waals surface area contributed by atoms with Crippen LogP contribution in [0.2, 0.25) is 0 Å². The minimum Gasteiger partial charge on any atom is -0.490 e. The Morgan fingerprint density at radius 3 is 2.50 bits per heavy atom. The number of ether oxygens (including phenoxy) is 1. The fourth-order valence-electron chi connectivity index (χ4n) is 2.65. The van der Waals surface area contributed by atoms with Crippen LogP contribution in [0.4, 0.5) is 0 Å². The van der Waals surface area contributed by atoms with Gasteiger partial charge in [0.2, 0.25) is 0 Å². The van der Waals surface area contributed by atoms with Crippen molar-refractivity contribution in [3.05, 3.63) is 29.3 Å². The molecule has 2 heteroatoms.